The second kappa shape index (κ2) is 6.11. The highest BCUT2D eigenvalue weighted by atomic mass is 15.3. The number of nitrogens with one attached hydrogen (secondary N) is 1. The molecule has 1 N–H and O–H groups in total. The summed E-state index contributed by atoms with van der Waals surface area (Å²) in [6.07, 6.45) is 12.0. The minimum atomic E-state index is 0.799. The van der Waals surface area contributed by atoms with Crippen LogP contribution < -0.4 is 5.32 Å². The highest BCUT2D eigenvalue weighted by molar-refractivity contribution is 5.77. The Morgan fingerprint density at radius 1 is 1.08 bits per heavy atom. The SMILES string of the molecule is Cn1cc(-c2cnn3c(NCCc4cccnc4)ccnc23)cn1. The Bertz CT molecular complexity index is 955. The third-order valence-corrected chi connectivity index (χ3v) is 3.86. The molecule has 0 unspecified atom stereocenters. The minimum absolute atomic E-state index is 0.799. The van der Waals surface area contributed by atoms with Gasteiger partial charge in [0.05, 0.1) is 12.4 Å². The molecule has 7 nitrogen and oxygen atoms in total. The highest BCUT2D eigenvalue weighted by Gasteiger charge is 2.11. The lowest BCUT2D eigenvalue weighted by atomic mass is 10.2. The van der Waals surface area contributed by atoms with Gasteiger partial charge in [0.25, 0.3) is 0 Å². The van der Waals surface area contributed by atoms with E-state index in [0.717, 1.165) is 35.6 Å². The van der Waals surface area contributed by atoms with E-state index < -0.39 is 0 Å². The van der Waals surface area contributed by atoms with Crippen molar-refractivity contribution in [2.24, 2.45) is 7.05 Å². The summed E-state index contributed by atoms with van der Waals surface area (Å²) in [6, 6.07) is 5.95. The lowest BCUT2D eigenvalue weighted by Gasteiger charge is -2.08. The van der Waals surface area contributed by atoms with Crippen LogP contribution in [0.4, 0.5) is 5.82 Å². The average Bonchev–Trinajstić information content (AvgIpc) is 3.22. The van der Waals surface area contributed by atoms with Crippen molar-refractivity contribution in [3.63, 3.8) is 0 Å². The van der Waals surface area contributed by atoms with E-state index in [4.69, 9.17) is 0 Å². The molecule has 4 rings (SSSR count). The van der Waals surface area contributed by atoms with Crippen LogP contribution in [0, 0.1) is 0 Å². The first-order valence-electron chi connectivity index (χ1n) is 7.76. The molecule has 0 atom stereocenters. The number of pyridine rings is 1. The fourth-order valence-electron chi connectivity index (χ4n) is 2.67. The maximum Gasteiger partial charge on any atom is 0.165 e. The number of aromatic nitrogens is 6. The predicted octanol–water partition coefficient (Wildman–Crippen LogP) is 2.18. The fraction of sp³-hybridized carbons (Fsp3) is 0.176. The van der Waals surface area contributed by atoms with Crippen molar-refractivity contribution in [2.75, 3.05) is 11.9 Å². The monoisotopic (exact) mass is 319 g/mol. The van der Waals surface area contributed by atoms with Crippen molar-refractivity contribution in [3.8, 4) is 11.1 Å². The number of fused-ring (bicyclic) bond motifs is 1. The molecule has 0 aliphatic rings. The van der Waals surface area contributed by atoms with Crippen LogP contribution in [0.2, 0.25) is 0 Å². The number of aryl methyl sites for hydroxylation is 1. The smallest absolute Gasteiger partial charge is 0.165 e. The Morgan fingerprint density at radius 3 is 2.83 bits per heavy atom. The molecule has 0 radical (unpaired) electrons. The fourth-order valence-corrected chi connectivity index (χ4v) is 2.67. The van der Waals surface area contributed by atoms with E-state index in [1.165, 1.54) is 5.56 Å². The van der Waals surface area contributed by atoms with Crippen molar-refractivity contribution in [1.29, 1.82) is 0 Å². The quantitative estimate of drug-likeness (QED) is 0.610. The topological polar surface area (TPSA) is 72.9 Å². The molecular weight excluding hydrogens is 302 g/mol. The summed E-state index contributed by atoms with van der Waals surface area (Å²) in [5.41, 5.74) is 3.99. The normalized spacial score (nSPS) is 11.0. The van der Waals surface area contributed by atoms with E-state index in [1.807, 2.05) is 48.5 Å². The minimum Gasteiger partial charge on any atom is -0.370 e. The van der Waals surface area contributed by atoms with E-state index >= 15 is 0 Å². The van der Waals surface area contributed by atoms with E-state index in [0.29, 0.717) is 0 Å². The van der Waals surface area contributed by atoms with Gasteiger partial charge in [0.15, 0.2) is 5.65 Å². The second-order valence-electron chi connectivity index (χ2n) is 5.56. The summed E-state index contributed by atoms with van der Waals surface area (Å²) < 4.78 is 3.60. The van der Waals surface area contributed by atoms with Crippen LogP contribution in [0.5, 0.6) is 0 Å². The van der Waals surface area contributed by atoms with Crippen molar-refractivity contribution in [1.82, 2.24) is 29.4 Å². The van der Waals surface area contributed by atoms with Gasteiger partial charge in [-0.1, -0.05) is 6.07 Å². The Hall–Kier alpha value is -3.22. The summed E-state index contributed by atoms with van der Waals surface area (Å²) in [5.74, 6) is 0.916. The third-order valence-electron chi connectivity index (χ3n) is 3.86. The maximum atomic E-state index is 4.47. The van der Waals surface area contributed by atoms with Crippen LogP contribution in [0.1, 0.15) is 5.56 Å². The molecule has 0 spiro atoms. The van der Waals surface area contributed by atoms with Crippen molar-refractivity contribution >= 4 is 11.5 Å². The van der Waals surface area contributed by atoms with Crippen molar-refractivity contribution < 1.29 is 0 Å². The zero-order valence-electron chi connectivity index (χ0n) is 13.3. The van der Waals surface area contributed by atoms with Gasteiger partial charge < -0.3 is 5.32 Å². The van der Waals surface area contributed by atoms with Gasteiger partial charge in [-0.05, 0) is 24.1 Å². The first kappa shape index (κ1) is 14.4. The second-order valence-corrected chi connectivity index (χ2v) is 5.56. The number of anilines is 1. The van der Waals surface area contributed by atoms with Gasteiger partial charge in [0, 0.05) is 49.5 Å². The average molecular weight is 319 g/mol. The van der Waals surface area contributed by atoms with Crippen LogP contribution in [0.25, 0.3) is 16.8 Å². The van der Waals surface area contributed by atoms with Crippen LogP contribution in [0.3, 0.4) is 0 Å². The summed E-state index contributed by atoms with van der Waals surface area (Å²) in [6.45, 7) is 0.799. The molecule has 7 heteroatoms. The van der Waals surface area contributed by atoms with E-state index in [2.05, 4.69) is 31.5 Å². The van der Waals surface area contributed by atoms with Gasteiger partial charge in [0.1, 0.15) is 5.82 Å². The summed E-state index contributed by atoms with van der Waals surface area (Å²) in [7, 11) is 1.90. The van der Waals surface area contributed by atoms with Crippen molar-refractivity contribution in [3.05, 3.63) is 60.9 Å². The number of rotatable bonds is 5. The lowest BCUT2D eigenvalue weighted by molar-refractivity contribution is 0.768. The van der Waals surface area contributed by atoms with Crippen LogP contribution >= 0.6 is 0 Å². The molecule has 24 heavy (non-hydrogen) atoms. The molecule has 0 aliphatic carbocycles. The zero-order chi connectivity index (χ0) is 16.4. The molecule has 4 heterocycles. The molecule has 0 amide bonds. The zero-order valence-corrected chi connectivity index (χ0v) is 13.3. The molecule has 0 bridgehead atoms. The van der Waals surface area contributed by atoms with Crippen LogP contribution in [-0.4, -0.2) is 35.9 Å². The lowest BCUT2D eigenvalue weighted by Crippen LogP contribution is -2.09. The molecule has 0 aromatic carbocycles. The molecule has 4 aromatic heterocycles. The van der Waals surface area contributed by atoms with Gasteiger partial charge in [-0.2, -0.15) is 14.7 Å². The number of hydrogen-bond donors (Lipinski definition) is 1. The third kappa shape index (κ3) is 2.71. The predicted molar refractivity (Wildman–Crippen MR) is 91.6 cm³/mol. The summed E-state index contributed by atoms with van der Waals surface area (Å²) >= 11 is 0. The largest absolute Gasteiger partial charge is 0.370 e. The Balaban J connectivity index is 1.57. The summed E-state index contributed by atoms with van der Waals surface area (Å²) in [4.78, 5) is 8.60. The Kier molecular flexibility index (Phi) is 3.66. The van der Waals surface area contributed by atoms with Gasteiger partial charge >= 0.3 is 0 Å². The first-order valence-corrected chi connectivity index (χ1v) is 7.76. The Morgan fingerprint density at radius 2 is 2.04 bits per heavy atom. The maximum absolute atomic E-state index is 4.47. The molecule has 0 saturated heterocycles. The molecule has 0 saturated carbocycles. The summed E-state index contributed by atoms with van der Waals surface area (Å²) in [5, 5.41) is 12.1. The standard InChI is InChI=1S/C17H17N7/c1-23-12-14(10-21-23)15-11-22-24-16(5-8-20-17(15)24)19-7-4-13-3-2-6-18-9-13/h2-3,5-6,8-12,19H,4,7H2,1H3. The van der Waals surface area contributed by atoms with Gasteiger partial charge in [0.2, 0.25) is 0 Å². The molecular formula is C17H17N7. The van der Waals surface area contributed by atoms with Gasteiger partial charge in [-0.25, -0.2) is 4.98 Å². The van der Waals surface area contributed by atoms with Gasteiger partial charge in [-0.15, -0.1) is 0 Å². The van der Waals surface area contributed by atoms with Crippen LogP contribution in [0.15, 0.2) is 55.4 Å². The van der Waals surface area contributed by atoms with Crippen LogP contribution in [-0.2, 0) is 13.5 Å². The molecule has 120 valence electrons. The molecule has 0 fully saturated rings. The van der Waals surface area contributed by atoms with E-state index in [9.17, 15) is 0 Å². The van der Waals surface area contributed by atoms with Crippen molar-refractivity contribution in [2.45, 2.75) is 6.42 Å². The molecule has 4 aromatic rings. The number of nitrogens with zero attached hydrogens (tertiary/aromatic N) is 6. The number of hydrogen-bond acceptors (Lipinski definition) is 5. The first-order chi connectivity index (χ1) is 11.8. The molecule has 0 aliphatic heterocycles. The van der Waals surface area contributed by atoms with E-state index in [-0.39, 0.29) is 0 Å². The Labute approximate surface area is 139 Å². The highest BCUT2D eigenvalue weighted by Crippen LogP contribution is 2.24. The van der Waals surface area contributed by atoms with E-state index in [1.54, 1.807) is 17.1 Å². The van der Waals surface area contributed by atoms with Gasteiger partial charge in [-0.3, -0.25) is 9.67 Å².